The molecule has 0 radical (unpaired) electrons. The molecule has 0 spiro atoms. The van der Waals surface area contributed by atoms with Crippen LogP contribution in [-0.4, -0.2) is 31.2 Å². The molecule has 0 N–H and O–H groups in total. The van der Waals surface area contributed by atoms with E-state index in [9.17, 15) is 0 Å². The molecule has 2 heterocycles. The zero-order valence-electron chi connectivity index (χ0n) is 15.4. The normalized spacial score (nSPS) is 20.7. The molecule has 0 aliphatic carbocycles. The molecular weight excluding hydrogens is 328 g/mol. The van der Waals surface area contributed by atoms with E-state index in [1.807, 2.05) is 24.3 Å². The van der Waals surface area contributed by atoms with E-state index in [4.69, 9.17) is 19.3 Å². The number of benzene rings is 2. The molecule has 0 amide bonds. The Kier molecular flexibility index (Phi) is 4.45. The maximum Gasteiger partial charge on any atom is 0.187 e. The Morgan fingerprint density at radius 3 is 2.69 bits per heavy atom. The van der Waals surface area contributed by atoms with Gasteiger partial charge in [-0.25, -0.2) is 0 Å². The minimum absolute atomic E-state index is 0.0162. The van der Waals surface area contributed by atoms with Crippen LogP contribution in [0.5, 0.6) is 17.2 Å². The van der Waals surface area contributed by atoms with Crippen LogP contribution < -0.4 is 14.2 Å². The van der Waals surface area contributed by atoms with Crippen LogP contribution in [-0.2, 0) is 0 Å². The van der Waals surface area contributed by atoms with E-state index in [1.165, 1.54) is 5.56 Å². The van der Waals surface area contributed by atoms with Crippen LogP contribution in [0.3, 0.4) is 0 Å². The van der Waals surface area contributed by atoms with Crippen molar-refractivity contribution in [1.29, 1.82) is 0 Å². The van der Waals surface area contributed by atoms with Gasteiger partial charge in [0.1, 0.15) is 5.75 Å². The number of hydrazone groups is 1. The molecule has 5 heteroatoms. The first kappa shape index (κ1) is 16.8. The van der Waals surface area contributed by atoms with E-state index in [0.717, 1.165) is 47.8 Å². The number of hydrogen-bond acceptors (Lipinski definition) is 5. The molecule has 4 rings (SSSR count). The largest absolute Gasteiger partial charge is 0.493 e. The van der Waals surface area contributed by atoms with E-state index >= 15 is 0 Å². The third-order valence-corrected chi connectivity index (χ3v) is 5.03. The average Bonchev–Trinajstić information content (AvgIpc) is 3.13. The summed E-state index contributed by atoms with van der Waals surface area (Å²) in [7, 11) is 3.30. The monoisotopic (exact) mass is 352 g/mol. The SMILES string of the molecule is CCCC1Oc2ccccc2C2CC(c3ccc(OC)c(OC)c3)=NN12. The maximum absolute atomic E-state index is 6.23. The third-order valence-electron chi connectivity index (χ3n) is 5.03. The summed E-state index contributed by atoms with van der Waals surface area (Å²) >= 11 is 0. The van der Waals surface area contributed by atoms with Crippen LogP contribution in [0.25, 0.3) is 0 Å². The number of hydrogen-bond donors (Lipinski definition) is 0. The van der Waals surface area contributed by atoms with E-state index in [0.29, 0.717) is 0 Å². The van der Waals surface area contributed by atoms with Gasteiger partial charge in [0.25, 0.3) is 0 Å². The number of para-hydroxylation sites is 1. The Hall–Kier alpha value is -2.69. The Labute approximate surface area is 154 Å². The first-order chi connectivity index (χ1) is 12.7. The highest BCUT2D eigenvalue weighted by atomic mass is 16.5. The summed E-state index contributed by atoms with van der Waals surface area (Å²) in [6, 6.07) is 14.5. The van der Waals surface area contributed by atoms with Gasteiger partial charge in [0, 0.05) is 24.0 Å². The Bertz CT molecular complexity index is 834. The van der Waals surface area contributed by atoms with E-state index in [1.54, 1.807) is 14.2 Å². The Balaban J connectivity index is 1.70. The molecule has 2 atom stereocenters. The number of rotatable bonds is 5. The quantitative estimate of drug-likeness (QED) is 0.801. The summed E-state index contributed by atoms with van der Waals surface area (Å²) in [4.78, 5) is 0. The van der Waals surface area contributed by atoms with Crippen molar-refractivity contribution in [2.45, 2.75) is 38.5 Å². The van der Waals surface area contributed by atoms with Crippen molar-refractivity contribution in [3.63, 3.8) is 0 Å². The van der Waals surface area contributed by atoms with Crippen molar-refractivity contribution in [3.8, 4) is 17.2 Å². The van der Waals surface area contributed by atoms with Crippen LogP contribution >= 0.6 is 0 Å². The fraction of sp³-hybridized carbons (Fsp3) is 0.381. The predicted molar refractivity (Wildman–Crippen MR) is 101 cm³/mol. The first-order valence-corrected chi connectivity index (χ1v) is 9.09. The molecule has 0 saturated carbocycles. The van der Waals surface area contributed by atoms with Crippen molar-refractivity contribution in [2.24, 2.45) is 5.10 Å². The molecule has 2 aromatic rings. The standard InChI is InChI=1S/C21H24N2O3/c1-4-7-21-23-17(15-8-5-6-9-18(15)26-21)13-16(22-23)14-10-11-19(24-2)20(12-14)25-3/h5-6,8-12,17,21H,4,7,13H2,1-3H3. The second-order valence-corrected chi connectivity index (χ2v) is 6.62. The molecule has 2 unspecified atom stereocenters. The van der Waals surface area contributed by atoms with Gasteiger partial charge in [-0.1, -0.05) is 31.5 Å². The minimum Gasteiger partial charge on any atom is -0.493 e. The summed E-state index contributed by atoms with van der Waals surface area (Å²) < 4.78 is 17.0. The Morgan fingerprint density at radius 1 is 1.12 bits per heavy atom. The van der Waals surface area contributed by atoms with Crippen molar-refractivity contribution < 1.29 is 14.2 Å². The van der Waals surface area contributed by atoms with E-state index in [2.05, 4.69) is 30.1 Å². The van der Waals surface area contributed by atoms with Crippen molar-refractivity contribution in [2.75, 3.05) is 14.2 Å². The second-order valence-electron chi connectivity index (χ2n) is 6.62. The van der Waals surface area contributed by atoms with Gasteiger partial charge in [-0.2, -0.15) is 5.10 Å². The summed E-state index contributed by atoms with van der Waals surface area (Å²) in [5.74, 6) is 2.43. The maximum atomic E-state index is 6.23. The summed E-state index contributed by atoms with van der Waals surface area (Å²) in [6.07, 6.45) is 2.85. The number of ether oxygens (including phenoxy) is 3. The molecule has 0 saturated heterocycles. The zero-order valence-corrected chi connectivity index (χ0v) is 15.4. The molecule has 136 valence electrons. The molecule has 0 bridgehead atoms. The van der Waals surface area contributed by atoms with Gasteiger partial charge < -0.3 is 14.2 Å². The summed E-state index contributed by atoms with van der Waals surface area (Å²) in [5.41, 5.74) is 3.32. The first-order valence-electron chi connectivity index (χ1n) is 9.09. The van der Waals surface area contributed by atoms with Crippen molar-refractivity contribution in [3.05, 3.63) is 53.6 Å². The highest BCUT2D eigenvalue weighted by Crippen LogP contribution is 2.44. The van der Waals surface area contributed by atoms with Gasteiger partial charge in [0.05, 0.1) is 26.0 Å². The lowest BCUT2D eigenvalue weighted by molar-refractivity contribution is -0.0223. The van der Waals surface area contributed by atoms with Crippen LogP contribution in [0.1, 0.15) is 43.4 Å². The lowest BCUT2D eigenvalue weighted by atomic mass is 9.96. The van der Waals surface area contributed by atoms with Crippen LogP contribution in [0.15, 0.2) is 47.6 Å². The summed E-state index contributed by atoms with van der Waals surface area (Å²) in [5, 5.41) is 7.08. The Morgan fingerprint density at radius 2 is 1.92 bits per heavy atom. The van der Waals surface area contributed by atoms with Gasteiger partial charge in [0.2, 0.25) is 0 Å². The fourth-order valence-electron chi connectivity index (χ4n) is 3.74. The van der Waals surface area contributed by atoms with Crippen LogP contribution in [0.4, 0.5) is 0 Å². The highest BCUT2D eigenvalue weighted by molar-refractivity contribution is 6.02. The molecule has 0 aromatic heterocycles. The van der Waals surface area contributed by atoms with Gasteiger partial charge in [-0.15, -0.1) is 0 Å². The smallest absolute Gasteiger partial charge is 0.187 e. The van der Waals surface area contributed by atoms with Gasteiger partial charge in [-0.05, 0) is 24.3 Å². The number of methoxy groups -OCH3 is 2. The fourth-order valence-corrected chi connectivity index (χ4v) is 3.74. The minimum atomic E-state index is -0.0162. The third kappa shape index (κ3) is 2.77. The topological polar surface area (TPSA) is 43.3 Å². The van der Waals surface area contributed by atoms with E-state index < -0.39 is 0 Å². The van der Waals surface area contributed by atoms with E-state index in [-0.39, 0.29) is 12.3 Å². The summed E-state index contributed by atoms with van der Waals surface area (Å²) in [6.45, 7) is 2.17. The van der Waals surface area contributed by atoms with Crippen LogP contribution in [0, 0.1) is 0 Å². The molecule has 5 nitrogen and oxygen atoms in total. The van der Waals surface area contributed by atoms with Gasteiger partial charge in [0.15, 0.2) is 17.7 Å². The molecule has 2 aliphatic rings. The number of nitrogens with zero attached hydrogens (tertiary/aromatic N) is 2. The number of fused-ring (bicyclic) bond motifs is 3. The van der Waals surface area contributed by atoms with Gasteiger partial charge >= 0.3 is 0 Å². The molecule has 2 aromatic carbocycles. The van der Waals surface area contributed by atoms with Gasteiger partial charge in [-0.3, -0.25) is 5.01 Å². The predicted octanol–water partition coefficient (Wildman–Crippen LogP) is 4.37. The molecule has 26 heavy (non-hydrogen) atoms. The molecular formula is C21H24N2O3. The van der Waals surface area contributed by atoms with Crippen molar-refractivity contribution in [1.82, 2.24) is 5.01 Å². The molecule has 2 aliphatic heterocycles. The lowest BCUT2D eigenvalue weighted by Crippen LogP contribution is -2.40. The average molecular weight is 352 g/mol. The second kappa shape index (κ2) is 6.90. The zero-order chi connectivity index (χ0) is 18.1. The lowest BCUT2D eigenvalue weighted by Gasteiger charge is -2.38. The highest BCUT2D eigenvalue weighted by Gasteiger charge is 2.39. The molecule has 0 fully saturated rings. The van der Waals surface area contributed by atoms with Crippen LogP contribution in [0.2, 0.25) is 0 Å². The van der Waals surface area contributed by atoms with Crippen molar-refractivity contribution >= 4 is 5.71 Å².